The van der Waals surface area contributed by atoms with Crippen LogP contribution in [0.5, 0.6) is 0 Å². The van der Waals surface area contributed by atoms with Crippen molar-refractivity contribution < 1.29 is 4.39 Å². The van der Waals surface area contributed by atoms with Crippen LogP contribution >= 0.6 is 0 Å². The molecule has 0 N–H and O–H groups in total. The van der Waals surface area contributed by atoms with E-state index in [1.54, 1.807) is 18.3 Å². The fraction of sp³-hybridized carbons (Fsp3) is 0.231. The van der Waals surface area contributed by atoms with Crippen LogP contribution in [0, 0.1) is 12.7 Å². The van der Waals surface area contributed by atoms with E-state index in [-0.39, 0.29) is 5.82 Å². The molecular weight excluding hydrogens is 217 g/mol. The highest BCUT2D eigenvalue weighted by Gasteiger charge is 2.04. The number of hydrogen-bond acceptors (Lipinski definition) is 3. The number of nitrogens with zero attached hydrogens (tertiary/aromatic N) is 3. The largest absolute Gasteiger partial charge is 0.355 e. The van der Waals surface area contributed by atoms with Crippen LogP contribution in [-0.2, 0) is 6.54 Å². The molecule has 3 nitrogen and oxygen atoms in total. The summed E-state index contributed by atoms with van der Waals surface area (Å²) >= 11 is 0. The third-order valence-corrected chi connectivity index (χ3v) is 2.49. The first-order valence-corrected chi connectivity index (χ1v) is 5.40. The summed E-state index contributed by atoms with van der Waals surface area (Å²) in [5.74, 6) is 1.39. The van der Waals surface area contributed by atoms with Crippen molar-refractivity contribution in [1.82, 2.24) is 9.97 Å². The third-order valence-electron chi connectivity index (χ3n) is 2.49. The Morgan fingerprint density at radius 1 is 1.18 bits per heavy atom. The number of aromatic nitrogens is 2. The molecule has 0 saturated carbocycles. The molecule has 0 spiro atoms. The Hall–Kier alpha value is -1.97. The van der Waals surface area contributed by atoms with E-state index in [0.717, 1.165) is 17.2 Å². The molecule has 0 bridgehead atoms. The van der Waals surface area contributed by atoms with Crippen molar-refractivity contribution in [3.05, 3.63) is 53.7 Å². The SMILES string of the molecule is Cc1nccc(N(C)Cc2ccc(F)cc2)n1. The van der Waals surface area contributed by atoms with Gasteiger partial charge in [0.1, 0.15) is 17.5 Å². The lowest BCUT2D eigenvalue weighted by Gasteiger charge is -2.18. The monoisotopic (exact) mass is 231 g/mol. The van der Waals surface area contributed by atoms with E-state index in [0.29, 0.717) is 6.54 Å². The number of hydrogen-bond donors (Lipinski definition) is 0. The summed E-state index contributed by atoms with van der Waals surface area (Å²) in [6, 6.07) is 8.35. The highest BCUT2D eigenvalue weighted by Crippen LogP contribution is 2.12. The first-order chi connectivity index (χ1) is 8.15. The van der Waals surface area contributed by atoms with Gasteiger partial charge in [-0.1, -0.05) is 12.1 Å². The van der Waals surface area contributed by atoms with Gasteiger partial charge in [-0.15, -0.1) is 0 Å². The Morgan fingerprint density at radius 3 is 2.53 bits per heavy atom. The summed E-state index contributed by atoms with van der Waals surface area (Å²) in [6.07, 6.45) is 1.73. The van der Waals surface area contributed by atoms with Crippen LogP contribution < -0.4 is 4.90 Å². The van der Waals surface area contributed by atoms with Gasteiger partial charge in [0, 0.05) is 19.8 Å². The molecule has 0 unspecified atom stereocenters. The predicted octanol–water partition coefficient (Wildman–Crippen LogP) is 2.56. The topological polar surface area (TPSA) is 29.0 Å². The van der Waals surface area contributed by atoms with Crippen LogP contribution in [0.1, 0.15) is 11.4 Å². The Labute approximate surface area is 99.9 Å². The summed E-state index contributed by atoms with van der Waals surface area (Å²) in [5, 5.41) is 0. The zero-order valence-corrected chi connectivity index (χ0v) is 9.89. The maximum atomic E-state index is 12.8. The number of aryl methyl sites for hydroxylation is 1. The first-order valence-electron chi connectivity index (χ1n) is 5.40. The second kappa shape index (κ2) is 4.91. The molecule has 1 heterocycles. The standard InChI is InChI=1S/C13H14FN3/c1-10-15-8-7-13(16-10)17(2)9-11-3-5-12(14)6-4-11/h3-8H,9H2,1-2H3. The maximum Gasteiger partial charge on any atom is 0.132 e. The van der Waals surface area contributed by atoms with Gasteiger partial charge in [0.2, 0.25) is 0 Å². The van der Waals surface area contributed by atoms with Crippen molar-refractivity contribution in [2.45, 2.75) is 13.5 Å². The molecule has 0 atom stereocenters. The summed E-state index contributed by atoms with van der Waals surface area (Å²) in [4.78, 5) is 10.4. The van der Waals surface area contributed by atoms with Gasteiger partial charge in [-0.25, -0.2) is 14.4 Å². The zero-order valence-electron chi connectivity index (χ0n) is 9.89. The average molecular weight is 231 g/mol. The van der Waals surface area contributed by atoms with Gasteiger partial charge in [0.15, 0.2) is 0 Å². The highest BCUT2D eigenvalue weighted by molar-refractivity contribution is 5.37. The minimum atomic E-state index is -0.214. The van der Waals surface area contributed by atoms with Gasteiger partial charge in [0.25, 0.3) is 0 Å². The molecule has 88 valence electrons. The molecule has 0 aliphatic rings. The molecule has 4 heteroatoms. The second-order valence-corrected chi connectivity index (χ2v) is 3.94. The van der Waals surface area contributed by atoms with Crippen LogP contribution in [0.4, 0.5) is 10.2 Å². The summed E-state index contributed by atoms with van der Waals surface area (Å²) in [7, 11) is 1.95. The summed E-state index contributed by atoms with van der Waals surface area (Å²) < 4.78 is 12.8. The van der Waals surface area contributed by atoms with Crippen molar-refractivity contribution in [1.29, 1.82) is 0 Å². The van der Waals surface area contributed by atoms with Crippen LogP contribution in [-0.4, -0.2) is 17.0 Å². The fourth-order valence-corrected chi connectivity index (χ4v) is 1.60. The van der Waals surface area contributed by atoms with E-state index in [2.05, 4.69) is 9.97 Å². The van der Waals surface area contributed by atoms with Crippen LogP contribution in [0.15, 0.2) is 36.5 Å². The third kappa shape index (κ3) is 3.00. The Balaban J connectivity index is 2.11. The lowest BCUT2D eigenvalue weighted by molar-refractivity contribution is 0.627. The number of benzene rings is 1. The van der Waals surface area contributed by atoms with Gasteiger partial charge in [-0.2, -0.15) is 0 Å². The Kier molecular flexibility index (Phi) is 3.32. The average Bonchev–Trinajstić information content (AvgIpc) is 2.32. The lowest BCUT2D eigenvalue weighted by Crippen LogP contribution is -2.18. The fourth-order valence-electron chi connectivity index (χ4n) is 1.60. The van der Waals surface area contributed by atoms with Crippen LogP contribution in [0.25, 0.3) is 0 Å². The van der Waals surface area contributed by atoms with Gasteiger partial charge in [0.05, 0.1) is 0 Å². The summed E-state index contributed by atoms with van der Waals surface area (Å²) in [5.41, 5.74) is 1.05. The Morgan fingerprint density at radius 2 is 1.88 bits per heavy atom. The highest BCUT2D eigenvalue weighted by atomic mass is 19.1. The molecule has 0 amide bonds. The minimum absolute atomic E-state index is 0.214. The van der Waals surface area contributed by atoms with Crippen molar-refractivity contribution in [2.75, 3.05) is 11.9 Å². The number of anilines is 1. The maximum absolute atomic E-state index is 12.8. The second-order valence-electron chi connectivity index (χ2n) is 3.94. The van der Waals surface area contributed by atoms with Crippen molar-refractivity contribution >= 4 is 5.82 Å². The quantitative estimate of drug-likeness (QED) is 0.813. The van der Waals surface area contributed by atoms with Crippen LogP contribution in [0.2, 0.25) is 0 Å². The van der Waals surface area contributed by atoms with E-state index in [1.165, 1.54) is 12.1 Å². The molecule has 0 saturated heterocycles. The normalized spacial score (nSPS) is 10.3. The number of halogens is 1. The van der Waals surface area contributed by atoms with E-state index in [9.17, 15) is 4.39 Å². The first kappa shape index (κ1) is 11.5. The molecule has 17 heavy (non-hydrogen) atoms. The molecule has 0 fully saturated rings. The molecule has 1 aromatic carbocycles. The molecule has 0 aliphatic carbocycles. The zero-order chi connectivity index (χ0) is 12.3. The summed E-state index contributed by atoms with van der Waals surface area (Å²) in [6.45, 7) is 2.55. The molecule has 2 aromatic rings. The smallest absolute Gasteiger partial charge is 0.132 e. The Bertz CT molecular complexity index is 496. The van der Waals surface area contributed by atoms with Gasteiger partial charge in [-0.05, 0) is 30.7 Å². The molecule has 1 aromatic heterocycles. The van der Waals surface area contributed by atoms with E-state index in [4.69, 9.17) is 0 Å². The van der Waals surface area contributed by atoms with Crippen molar-refractivity contribution in [3.8, 4) is 0 Å². The van der Waals surface area contributed by atoms with Gasteiger partial charge in [-0.3, -0.25) is 0 Å². The van der Waals surface area contributed by atoms with Gasteiger partial charge < -0.3 is 4.90 Å². The van der Waals surface area contributed by atoms with E-state index >= 15 is 0 Å². The minimum Gasteiger partial charge on any atom is -0.355 e. The molecule has 2 rings (SSSR count). The molecule has 0 aliphatic heterocycles. The molecular formula is C13H14FN3. The van der Waals surface area contributed by atoms with Gasteiger partial charge >= 0.3 is 0 Å². The lowest BCUT2D eigenvalue weighted by atomic mass is 10.2. The predicted molar refractivity (Wildman–Crippen MR) is 65.3 cm³/mol. The van der Waals surface area contributed by atoms with Crippen LogP contribution in [0.3, 0.4) is 0 Å². The number of rotatable bonds is 3. The molecule has 0 radical (unpaired) electrons. The van der Waals surface area contributed by atoms with Crippen molar-refractivity contribution in [2.24, 2.45) is 0 Å². The van der Waals surface area contributed by atoms with E-state index in [1.807, 2.05) is 24.9 Å². The van der Waals surface area contributed by atoms with E-state index < -0.39 is 0 Å². The van der Waals surface area contributed by atoms with Crippen molar-refractivity contribution in [3.63, 3.8) is 0 Å².